The van der Waals surface area contributed by atoms with Gasteiger partial charge >= 0.3 is 0 Å². The Bertz CT molecular complexity index is 1460. The van der Waals surface area contributed by atoms with E-state index in [1.54, 1.807) is 35.3 Å². The van der Waals surface area contributed by atoms with E-state index < -0.39 is 5.25 Å². The van der Waals surface area contributed by atoms with Gasteiger partial charge in [-0.2, -0.15) is 10.1 Å². The second-order valence-corrected chi connectivity index (χ2v) is 10.4. The van der Waals surface area contributed by atoms with Crippen molar-refractivity contribution in [3.63, 3.8) is 0 Å². The first kappa shape index (κ1) is 26.4. The molecule has 2 heterocycles. The van der Waals surface area contributed by atoms with Crippen molar-refractivity contribution in [3.8, 4) is 11.5 Å². The average Bonchev–Trinajstić information content (AvgIpc) is 3.53. The molecule has 0 bridgehead atoms. The number of halogens is 1. The maximum Gasteiger partial charge on any atom is 0.262 e. The van der Waals surface area contributed by atoms with E-state index in [1.807, 2.05) is 31.2 Å². The van der Waals surface area contributed by atoms with Crippen LogP contribution >= 0.6 is 11.8 Å². The Labute approximate surface area is 229 Å². The molecule has 2 unspecified atom stereocenters. The Hall–Kier alpha value is -4.18. The van der Waals surface area contributed by atoms with Crippen LogP contribution in [0.25, 0.3) is 0 Å². The number of rotatable bonds is 7. The van der Waals surface area contributed by atoms with Crippen LogP contribution in [-0.2, 0) is 9.59 Å². The molecule has 0 aromatic heterocycles. The summed E-state index contributed by atoms with van der Waals surface area (Å²) in [6, 6.07) is 19.2. The predicted molar refractivity (Wildman–Crippen MR) is 150 cm³/mol. The minimum absolute atomic E-state index is 0.0532. The van der Waals surface area contributed by atoms with Gasteiger partial charge in [0.2, 0.25) is 5.91 Å². The number of methoxy groups -OCH3 is 2. The molecule has 3 aromatic rings. The van der Waals surface area contributed by atoms with Crippen LogP contribution in [0.15, 0.2) is 76.8 Å². The number of nitrogens with zero attached hydrogens (tertiary/aromatic N) is 3. The Morgan fingerprint density at radius 2 is 1.77 bits per heavy atom. The summed E-state index contributed by atoms with van der Waals surface area (Å²) >= 11 is 1.22. The standard InChI is InChI=1S/C29H27FN4O4S/c1-17-4-6-19(7-5-17)23-15-22(18-8-10-20(30)11-9-18)33-34(23)29-32-28(36)26(39-29)16-27(35)31-21-12-13-24(37-2)25(14-21)38-3/h4-14,23,26H,15-16H2,1-3H3,(H,31,35). The van der Waals surface area contributed by atoms with Crippen LogP contribution in [-0.4, -0.2) is 47.2 Å². The lowest BCUT2D eigenvalue weighted by Gasteiger charge is -2.23. The zero-order valence-corrected chi connectivity index (χ0v) is 22.5. The number of aryl methyl sites for hydroxylation is 1. The van der Waals surface area contributed by atoms with Crippen molar-refractivity contribution in [3.05, 3.63) is 89.2 Å². The molecule has 0 saturated heterocycles. The molecule has 1 N–H and O–H groups in total. The lowest BCUT2D eigenvalue weighted by Crippen LogP contribution is -2.25. The Kier molecular flexibility index (Phi) is 7.65. The predicted octanol–water partition coefficient (Wildman–Crippen LogP) is 5.33. The SMILES string of the molecule is COc1ccc(NC(=O)CC2SC(N3N=C(c4ccc(F)cc4)CC3c3ccc(C)cc3)=NC2=O)cc1OC. The molecule has 0 aliphatic carbocycles. The molecular weight excluding hydrogens is 519 g/mol. The highest BCUT2D eigenvalue weighted by Crippen LogP contribution is 2.39. The van der Waals surface area contributed by atoms with Crippen molar-refractivity contribution in [2.45, 2.75) is 31.1 Å². The summed E-state index contributed by atoms with van der Waals surface area (Å²) in [6.45, 7) is 2.02. The Balaban J connectivity index is 1.32. The minimum Gasteiger partial charge on any atom is -0.493 e. The molecule has 0 spiro atoms. The number of hydrogen-bond acceptors (Lipinski definition) is 7. The van der Waals surface area contributed by atoms with Crippen LogP contribution in [0.1, 0.15) is 35.6 Å². The van der Waals surface area contributed by atoms with Crippen LogP contribution in [0.3, 0.4) is 0 Å². The quantitative estimate of drug-likeness (QED) is 0.431. The number of ether oxygens (including phenoxy) is 2. The van der Waals surface area contributed by atoms with Crippen LogP contribution in [0.2, 0.25) is 0 Å². The highest BCUT2D eigenvalue weighted by atomic mass is 32.2. The third-order valence-corrected chi connectivity index (χ3v) is 7.65. The van der Waals surface area contributed by atoms with E-state index in [2.05, 4.69) is 10.3 Å². The van der Waals surface area contributed by atoms with Crippen molar-refractivity contribution in [2.24, 2.45) is 10.1 Å². The van der Waals surface area contributed by atoms with Crippen molar-refractivity contribution in [1.82, 2.24) is 5.01 Å². The molecule has 2 amide bonds. The second kappa shape index (κ2) is 11.3. The first-order valence-electron chi connectivity index (χ1n) is 12.3. The number of anilines is 1. The number of thioether (sulfide) groups is 1. The van der Waals surface area contributed by atoms with Gasteiger partial charge in [-0.15, -0.1) is 0 Å². The van der Waals surface area contributed by atoms with Gasteiger partial charge in [-0.3, -0.25) is 9.59 Å². The van der Waals surface area contributed by atoms with Crippen LogP contribution in [0, 0.1) is 12.7 Å². The lowest BCUT2D eigenvalue weighted by atomic mass is 9.98. The number of carbonyl (C=O) groups is 2. The molecule has 0 saturated carbocycles. The molecule has 0 fully saturated rings. The fourth-order valence-corrected chi connectivity index (χ4v) is 5.51. The van der Waals surface area contributed by atoms with E-state index >= 15 is 0 Å². The molecule has 8 nitrogen and oxygen atoms in total. The van der Waals surface area contributed by atoms with E-state index in [1.165, 1.54) is 38.1 Å². The maximum atomic E-state index is 13.5. The van der Waals surface area contributed by atoms with E-state index in [0.717, 1.165) is 22.4 Å². The number of hydrogen-bond donors (Lipinski definition) is 1. The molecule has 2 aliphatic heterocycles. The number of hydrazone groups is 1. The van der Waals surface area contributed by atoms with E-state index in [0.29, 0.717) is 28.8 Å². The largest absolute Gasteiger partial charge is 0.493 e. The highest BCUT2D eigenvalue weighted by Gasteiger charge is 2.39. The minimum atomic E-state index is -0.677. The van der Waals surface area contributed by atoms with E-state index in [9.17, 15) is 14.0 Å². The third-order valence-electron chi connectivity index (χ3n) is 6.51. The summed E-state index contributed by atoms with van der Waals surface area (Å²) in [4.78, 5) is 29.9. The van der Waals surface area contributed by atoms with Gasteiger partial charge < -0.3 is 14.8 Å². The molecule has 200 valence electrons. The Morgan fingerprint density at radius 1 is 1.05 bits per heavy atom. The number of amidine groups is 1. The fraction of sp³-hybridized carbons (Fsp3) is 0.241. The van der Waals surface area contributed by atoms with Crippen LogP contribution in [0.5, 0.6) is 11.5 Å². The molecule has 5 rings (SSSR count). The zero-order valence-electron chi connectivity index (χ0n) is 21.7. The number of amides is 2. The number of aliphatic imine (C=N–C) groups is 1. The van der Waals surface area contributed by atoms with Gasteiger partial charge in [-0.05, 0) is 42.3 Å². The first-order chi connectivity index (χ1) is 18.8. The maximum absolute atomic E-state index is 13.5. The van der Waals surface area contributed by atoms with E-state index in [-0.39, 0.29) is 30.1 Å². The summed E-state index contributed by atoms with van der Waals surface area (Å²) in [5.41, 5.74) is 4.25. The smallest absolute Gasteiger partial charge is 0.262 e. The first-order valence-corrected chi connectivity index (χ1v) is 13.2. The van der Waals surface area contributed by atoms with Gasteiger partial charge in [0.25, 0.3) is 5.91 Å². The van der Waals surface area contributed by atoms with Gasteiger partial charge in [0.1, 0.15) is 11.1 Å². The average molecular weight is 547 g/mol. The highest BCUT2D eigenvalue weighted by molar-refractivity contribution is 8.15. The summed E-state index contributed by atoms with van der Waals surface area (Å²) in [7, 11) is 3.05. The summed E-state index contributed by atoms with van der Waals surface area (Å²) < 4.78 is 24.0. The van der Waals surface area contributed by atoms with Crippen LogP contribution < -0.4 is 14.8 Å². The monoisotopic (exact) mass is 546 g/mol. The molecule has 0 radical (unpaired) electrons. The normalized spacial score (nSPS) is 18.6. The van der Waals surface area contributed by atoms with Gasteiger partial charge in [0.05, 0.1) is 26.0 Å². The van der Waals surface area contributed by atoms with Crippen molar-refractivity contribution in [1.29, 1.82) is 0 Å². The van der Waals surface area contributed by atoms with Crippen molar-refractivity contribution < 1.29 is 23.5 Å². The third kappa shape index (κ3) is 5.80. The molecular formula is C29H27FN4O4S. The topological polar surface area (TPSA) is 92.6 Å². The molecule has 39 heavy (non-hydrogen) atoms. The van der Waals surface area contributed by atoms with Gasteiger partial charge in [-0.1, -0.05) is 53.7 Å². The van der Waals surface area contributed by atoms with Gasteiger partial charge in [-0.25, -0.2) is 9.40 Å². The number of benzene rings is 3. The second-order valence-electron chi connectivity index (χ2n) is 9.19. The van der Waals surface area contributed by atoms with Crippen molar-refractivity contribution >= 4 is 40.1 Å². The zero-order chi connectivity index (χ0) is 27.5. The molecule has 10 heteroatoms. The Morgan fingerprint density at radius 3 is 2.46 bits per heavy atom. The fourth-order valence-electron chi connectivity index (χ4n) is 4.45. The number of carbonyl (C=O) groups excluding carboxylic acids is 2. The van der Waals surface area contributed by atoms with Gasteiger partial charge in [0, 0.05) is 24.6 Å². The molecule has 2 atom stereocenters. The number of nitrogens with one attached hydrogen (secondary N) is 1. The van der Waals surface area contributed by atoms with E-state index in [4.69, 9.17) is 14.6 Å². The lowest BCUT2D eigenvalue weighted by molar-refractivity contribution is -0.121. The summed E-state index contributed by atoms with van der Waals surface area (Å²) in [6.07, 6.45) is 0.509. The summed E-state index contributed by atoms with van der Waals surface area (Å²) in [5, 5.41) is 9.12. The summed E-state index contributed by atoms with van der Waals surface area (Å²) in [5.74, 6) is 0.00417. The van der Waals surface area contributed by atoms with Crippen LogP contribution in [0.4, 0.5) is 10.1 Å². The molecule has 2 aliphatic rings. The van der Waals surface area contributed by atoms with Crippen molar-refractivity contribution in [2.75, 3.05) is 19.5 Å². The molecule has 3 aromatic carbocycles. The van der Waals surface area contributed by atoms with Gasteiger partial charge in [0.15, 0.2) is 16.7 Å².